The van der Waals surface area contributed by atoms with Gasteiger partial charge in [-0.3, -0.25) is 24.1 Å². The van der Waals surface area contributed by atoms with Crippen LogP contribution in [0.1, 0.15) is 86.1 Å². The lowest BCUT2D eigenvalue weighted by Crippen LogP contribution is -2.60. The summed E-state index contributed by atoms with van der Waals surface area (Å²) < 4.78 is 17.4. The molecule has 1 heterocycles. The minimum absolute atomic E-state index is 0.0201. The number of hydrogen-bond acceptors (Lipinski definition) is 9. The van der Waals surface area contributed by atoms with Crippen LogP contribution >= 0.6 is 0 Å². The van der Waals surface area contributed by atoms with Gasteiger partial charge in [-0.2, -0.15) is 0 Å². The van der Waals surface area contributed by atoms with Crippen molar-refractivity contribution in [2.24, 2.45) is 23.7 Å². The predicted octanol–water partition coefficient (Wildman–Crippen LogP) is 4.17. The SMILES string of the molecule is CC[C@H](C)[C@@H]([C@@H](CC(=O)N1CCC[C@H]1[C@H](OC)[C@@H](C)C(=O)OC[C@@H](O)Cc1ccccc1)OC)N(C)C(=O)[C@@H](NC(=O)[C@H](C(C)C)N(C)C)[C@@H](C)CC. The predicted molar refractivity (Wildman–Crippen MR) is 207 cm³/mol. The molecule has 1 aliphatic rings. The van der Waals surface area contributed by atoms with E-state index in [1.54, 1.807) is 30.9 Å². The average Bonchev–Trinajstić information content (AvgIpc) is 3.61. The molecule has 1 aromatic rings. The van der Waals surface area contributed by atoms with Crippen LogP contribution in [-0.4, -0.2) is 134 Å². The molecule has 1 saturated heterocycles. The van der Waals surface area contributed by atoms with Gasteiger partial charge in [0.2, 0.25) is 17.7 Å². The number of likely N-dealkylation sites (tertiary alicyclic amines) is 1. The number of hydrogen-bond donors (Lipinski definition) is 2. The summed E-state index contributed by atoms with van der Waals surface area (Å²) in [6.07, 6.45) is 1.14. The van der Waals surface area contributed by atoms with E-state index in [1.165, 1.54) is 7.11 Å². The number of rotatable bonds is 22. The first kappa shape index (κ1) is 46.1. The van der Waals surface area contributed by atoms with Crippen LogP contribution in [0.15, 0.2) is 30.3 Å². The molecule has 0 spiro atoms. The number of nitrogens with zero attached hydrogens (tertiary/aromatic N) is 3. The summed E-state index contributed by atoms with van der Waals surface area (Å²) in [5.74, 6) is -1.83. The summed E-state index contributed by atoms with van der Waals surface area (Å²) in [6.45, 7) is 14.1. The highest BCUT2D eigenvalue weighted by Gasteiger charge is 2.43. The van der Waals surface area contributed by atoms with Crippen molar-refractivity contribution in [3.8, 4) is 0 Å². The van der Waals surface area contributed by atoms with Gasteiger partial charge in [0.15, 0.2) is 0 Å². The van der Waals surface area contributed by atoms with E-state index in [0.29, 0.717) is 25.8 Å². The fraction of sp³-hybridized carbons (Fsp3) is 0.756. The van der Waals surface area contributed by atoms with Crippen molar-refractivity contribution >= 4 is 23.7 Å². The number of benzene rings is 1. The number of aliphatic hydroxyl groups is 1. The van der Waals surface area contributed by atoms with E-state index < -0.39 is 48.3 Å². The maximum absolute atomic E-state index is 14.3. The lowest BCUT2D eigenvalue weighted by atomic mass is 9.89. The maximum atomic E-state index is 14.3. The number of carbonyl (C=O) groups excluding carboxylic acids is 4. The Morgan fingerprint density at radius 2 is 1.57 bits per heavy atom. The third kappa shape index (κ3) is 12.8. The fourth-order valence-corrected chi connectivity index (χ4v) is 7.82. The molecule has 53 heavy (non-hydrogen) atoms. The summed E-state index contributed by atoms with van der Waals surface area (Å²) in [4.78, 5) is 60.5. The second-order valence-electron chi connectivity index (χ2n) is 15.6. The molecule has 1 fully saturated rings. The summed E-state index contributed by atoms with van der Waals surface area (Å²) in [6, 6.07) is 7.56. The second kappa shape index (κ2) is 22.4. The highest BCUT2D eigenvalue weighted by Crippen LogP contribution is 2.30. The Hall–Kier alpha value is -3.06. The van der Waals surface area contributed by atoms with Crippen molar-refractivity contribution in [2.45, 2.75) is 129 Å². The molecule has 302 valence electrons. The van der Waals surface area contributed by atoms with Crippen LogP contribution < -0.4 is 5.32 Å². The summed E-state index contributed by atoms with van der Waals surface area (Å²) >= 11 is 0. The molecule has 0 bridgehead atoms. The average molecular weight is 747 g/mol. The van der Waals surface area contributed by atoms with Crippen molar-refractivity contribution in [3.05, 3.63) is 35.9 Å². The van der Waals surface area contributed by atoms with Crippen LogP contribution in [0, 0.1) is 23.7 Å². The summed E-state index contributed by atoms with van der Waals surface area (Å²) in [7, 11) is 8.56. The van der Waals surface area contributed by atoms with E-state index in [4.69, 9.17) is 14.2 Å². The van der Waals surface area contributed by atoms with E-state index in [1.807, 2.05) is 90.9 Å². The van der Waals surface area contributed by atoms with Gasteiger partial charge in [-0.1, -0.05) is 84.7 Å². The lowest BCUT2D eigenvalue weighted by Gasteiger charge is -2.41. The Balaban J connectivity index is 2.23. The van der Waals surface area contributed by atoms with Crippen molar-refractivity contribution in [3.63, 3.8) is 0 Å². The van der Waals surface area contributed by atoms with Gasteiger partial charge in [-0.15, -0.1) is 0 Å². The molecule has 0 aromatic heterocycles. The molecule has 2 N–H and O–H groups in total. The number of methoxy groups -OCH3 is 2. The van der Waals surface area contributed by atoms with Gasteiger partial charge in [0, 0.05) is 34.2 Å². The smallest absolute Gasteiger partial charge is 0.311 e. The van der Waals surface area contributed by atoms with Crippen molar-refractivity contribution in [1.29, 1.82) is 0 Å². The maximum Gasteiger partial charge on any atom is 0.311 e. The van der Waals surface area contributed by atoms with Gasteiger partial charge in [-0.05, 0) is 57.2 Å². The zero-order chi connectivity index (χ0) is 40.0. The molecule has 12 heteroatoms. The molecule has 3 amide bonds. The van der Waals surface area contributed by atoms with Crippen LogP contribution in [-0.2, 0) is 39.8 Å². The highest BCUT2D eigenvalue weighted by atomic mass is 16.5. The van der Waals surface area contributed by atoms with Crippen LogP contribution in [0.4, 0.5) is 0 Å². The van der Waals surface area contributed by atoms with E-state index in [2.05, 4.69) is 5.32 Å². The normalized spacial score (nSPS) is 19.8. The Kier molecular flexibility index (Phi) is 19.4. The van der Waals surface area contributed by atoms with Gasteiger partial charge in [-0.25, -0.2) is 0 Å². The fourth-order valence-electron chi connectivity index (χ4n) is 7.82. The zero-order valence-electron chi connectivity index (χ0n) is 34.5. The number of amides is 3. The topological polar surface area (TPSA) is 138 Å². The van der Waals surface area contributed by atoms with Gasteiger partial charge in [0.05, 0.1) is 48.8 Å². The Morgan fingerprint density at radius 1 is 0.943 bits per heavy atom. The standard InChI is InChI=1S/C41H70N4O8/c1-13-27(5)35(42-39(48)36(26(3)4)43(8)9)40(49)44(10)37(28(6)14-2)33(51-11)24-34(47)45-22-18-21-32(45)38(52-12)29(7)41(50)53-25-31(46)23-30-19-16-15-17-20-30/h15-17,19-20,26-29,31-33,35-38,46H,13-14,18,21-25H2,1-12H3,(H,42,48)/t27-,28-,29+,31-,32-,33+,35-,36-,37-,38+/m0/s1. The van der Waals surface area contributed by atoms with Crippen molar-refractivity contribution in [2.75, 3.05) is 48.5 Å². The van der Waals surface area contributed by atoms with E-state index >= 15 is 0 Å². The van der Waals surface area contributed by atoms with Crippen LogP contribution in [0.5, 0.6) is 0 Å². The highest BCUT2D eigenvalue weighted by molar-refractivity contribution is 5.90. The number of ether oxygens (including phenoxy) is 3. The van der Waals surface area contributed by atoms with Gasteiger partial charge >= 0.3 is 5.97 Å². The number of aliphatic hydroxyl groups excluding tert-OH is 1. The first-order valence-electron chi connectivity index (χ1n) is 19.5. The Morgan fingerprint density at radius 3 is 2.09 bits per heavy atom. The Labute approximate surface area is 319 Å². The van der Waals surface area contributed by atoms with Crippen molar-refractivity contribution < 1.29 is 38.5 Å². The number of likely N-dealkylation sites (N-methyl/N-ethyl adjacent to an activating group) is 2. The molecule has 1 aromatic carbocycles. The molecule has 1 aliphatic heterocycles. The summed E-state index contributed by atoms with van der Waals surface area (Å²) in [5.41, 5.74) is 0.946. The van der Waals surface area contributed by atoms with E-state index in [9.17, 15) is 24.3 Å². The second-order valence-corrected chi connectivity index (χ2v) is 15.6. The monoisotopic (exact) mass is 747 g/mol. The van der Waals surface area contributed by atoms with Crippen LogP contribution in [0.25, 0.3) is 0 Å². The summed E-state index contributed by atoms with van der Waals surface area (Å²) in [5, 5.41) is 13.6. The van der Waals surface area contributed by atoms with Crippen LogP contribution in [0.3, 0.4) is 0 Å². The first-order valence-corrected chi connectivity index (χ1v) is 19.5. The third-order valence-electron chi connectivity index (χ3n) is 11.2. The van der Waals surface area contributed by atoms with Gasteiger partial charge in [0.25, 0.3) is 0 Å². The van der Waals surface area contributed by atoms with Crippen molar-refractivity contribution in [1.82, 2.24) is 20.0 Å². The zero-order valence-corrected chi connectivity index (χ0v) is 34.5. The van der Waals surface area contributed by atoms with Gasteiger partial charge in [0.1, 0.15) is 12.6 Å². The molecule has 0 unspecified atom stereocenters. The number of esters is 1. The number of nitrogens with one attached hydrogen (secondary N) is 1. The van der Waals surface area contributed by atoms with Gasteiger partial charge < -0.3 is 34.4 Å². The lowest BCUT2D eigenvalue weighted by molar-refractivity contribution is -0.159. The molecule has 2 rings (SSSR count). The minimum atomic E-state index is -0.847. The first-order chi connectivity index (χ1) is 25.0. The minimum Gasteiger partial charge on any atom is -0.463 e. The van der Waals surface area contributed by atoms with E-state index in [0.717, 1.165) is 18.4 Å². The molecule has 12 nitrogen and oxygen atoms in total. The Bertz CT molecular complexity index is 1270. The molecular formula is C41H70N4O8. The molecule has 0 radical (unpaired) electrons. The quantitative estimate of drug-likeness (QED) is 0.168. The van der Waals surface area contributed by atoms with Crippen LogP contribution in [0.2, 0.25) is 0 Å². The van der Waals surface area contributed by atoms with E-state index in [-0.39, 0.29) is 54.5 Å². The number of carbonyl (C=O) groups is 4. The molecule has 0 aliphatic carbocycles. The molecule has 0 saturated carbocycles. The molecular weight excluding hydrogens is 676 g/mol. The third-order valence-corrected chi connectivity index (χ3v) is 11.2. The molecule has 10 atom stereocenters. The largest absolute Gasteiger partial charge is 0.463 e.